The molecule has 1 amide bonds. The fourth-order valence-electron chi connectivity index (χ4n) is 1.76. The highest BCUT2D eigenvalue weighted by Crippen LogP contribution is 2.23. The molecule has 5 heteroatoms. The summed E-state index contributed by atoms with van der Waals surface area (Å²) >= 11 is 0. The highest BCUT2D eigenvalue weighted by molar-refractivity contribution is 5.94. The van der Waals surface area contributed by atoms with E-state index in [-0.39, 0.29) is 17.9 Å². The van der Waals surface area contributed by atoms with Crippen molar-refractivity contribution in [3.8, 4) is 0 Å². The van der Waals surface area contributed by atoms with Crippen molar-refractivity contribution < 1.29 is 9.90 Å². The second-order valence-electron chi connectivity index (χ2n) is 5.95. The lowest BCUT2D eigenvalue weighted by molar-refractivity contribution is 0.0703. The highest BCUT2D eigenvalue weighted by Gasteiger charge is 2.20. The van der Waals surface area contributed by atoms with Gasteiger partial charge in [-0.15, -0.1) is 0 Å². The minimum Gasteiger partial charge on any atom is -0.392 e. The molecule has 0 saturated heterocycles. The van der Waals surface area contributed by atoms with E-state index in [2.05, 4.69) is 4.98 Å². The average molecular weight is 265 g/mol. The van der Waals surface area contributed by atoms with Gasteiger partial charge < -0.3 is 15.7 Å². The molecule has 0 spiro atoms. The Morgan fingerprint density at radius 3 is 2.53 bits per heavy atom. The number of amides is 1. The summed E-state index contributed by atoms with van der Waals surface area (Å²) in [6.07, 6.45) is -0.560. The first-order valence-corrected chi connectivity index (χ1v) is 6.33. The van der Waals surface area contributed by atoms with E-state index < -0.39 is 6.10 Å². The Bertz CT molecular complexity index is 464. The smallest absolute Gasteiger partial charge is 0.253 e. The SMILES string of the molecule is CC(O)CN(C)C(=O)c1cc(N)nc(C(C)(C)C)c1. The Balaban J connectivity index is 3.07. The Hall–Kier alpha value is -1.62. The third-order valence-corrected chi connectivity index (χ3v) is 2.75. The Morgan fingerprint density at radius 2 is 2.05 bits per heavy atom. The molecule has 1 unspecified atom stereocenters. The monoisotopic (exact) mass is 265 g/mol. The summed E-state index contributed by atoms with van der Waals surface area (Å²) in [6, 6.07) is 3.33. The Kier molecular flexibility index (Phi) is 4.52. The third-order valence-electron chi connectivity index (χ3n) is 2.75. The van der Waals surface area contributed by atoms with Gasteiger partial charge in [0.1, 0.15) is 5.82 Å². The van der Waals surface area contributed by atoms with Gasteiger partial charge in [-0.1, -0.05) is 20.8 Å². The zero-order valence-electron chi connectivity index (χ0n) is 12.3. The number of anilines is 1. The zero-order valence-corrected chi connectivity index (χ0v) is 12.3. The van der Waals surface area contributed by atoms with Crippen LogP contribution >= 0.6 is 0 Å². The number of rotatable bonds is 3. The van der Waals surface area contributed by atoms with Crippen molar-refractivity contribution in [2.24, 2.45) is 0 Å². The molecule has 0 fully saturated rings. The third kappa shape index (κ3) is 4.21. The van der Waals surface area contributed by atoms with Crippen LogP contribution in [0.25, 0.3) is 0 Å². The second kappa shape index (κ2) is 5.57. The number of carbonyl (C=O) groups is 1. The lowest BCUT2D eigenvalue weighted by Crippen LogP contribution is -2.33. The molecule has 0 aliphatic heterocycles. The molecule has 1 aromatic heterocycles. The molecule has 0 saturated carbocycles. The predicted molar refractivity (Wildman–Crippen MR) is 76.0 cm³/mol. The number of pyridine rings is 1. The average Bonchev–Trinajstić information content (AvgIpc) is 2.25. The molecule has 0 radical (unpaired) electrons. The minimum absolute atomic E-state index is 0.166. The molecule has 1 aromatic rings. The number of aromatic nitrogens is 1. The fraction of sp³-hybridized carbons (Fsp3) is 0.571. The van der Waals surface area contributed by atoms with Crippen molar-refractivity contribution in [2.45, 2.75) is 39.2 Å². The number of hydrogen-bond donors (Lipinski definition) is 2. The first kappa shape index (κ1) is 15.4. The summed E-state index contributed by atoms with van der Waals surface area (Å²) in [5.74, 6) is 0.168. The van der Waals surface area contributed by atoms with Crippen molar-refractivity contribution in [3.05, 3.63) is 23.4 Å². The zero-order chi connectivity index (χ0) is 14.8. The lowest BCUT2D eigenvalue weighted by atomic mass is 9.90. The van der Waals surface area contributed by atoms with Crippen LogP contribution in [0.2, 0.25) is 0 Å². The normalized spacial score (nSPS) is 13.2. The molecule has 5 nitrogen and oxygen atoms in total. The summed E-state index contributed by atoms with van der Waals surface area (Å²) in [5.41, 5.74) is 6.87. The molecule has 19 heavy (non-hydrogen) atoms. The summed E-state index contributed by atoms with van der Waals surface area (Å²) in [7, 11) is 1.66. The minimum atomic E-state index is -0.560. The van der Waals surface area contributed by atoms with E-state index in [4.69, 9.17) is 5.73 Å². The van der Waals surface area contributed by atoms with Gasteiger partial charge in [-0.2, -0.15) is 0 Å². The van der Waals surface area contributed by atoms with E-state index >= 15 is 0 Å². The number of hydrogen-bond acceptors (Lipinski definition) is 4. The van der Waals surface area contributed by atoms with Crippen LogP contribution in [0.3, 0.4) is 0 Å². The van der Waals surface area contributed by atoms with E-state index in [0.29, 0.717) is 11.4 Å². The Morgan fingerprint density at radius 1 is 1.47 bits per heavy atom. The van der Waals surface area contributed by atoms with Crippen LogP contribution in [0.5, 0.6) is 0 Å². The number of carbonyl (C=O) groups excluding carboxylic acids is 1. The van der Waals surface area contributed by atoms with Gasteiger partial charge in [-0.25, -0.2) is 4.98 Å². The van der Waals surface area contributed by atoms with Crippen molar-refractivity contribution in [1.82, 2.24) is 9.88 Å². The molecule has 0 bridgehead atoms. The van der Waals surface area contributed by atoms with Crippen LogP contribution in [0.4, 0.5) is 5.82 Å². The molecule has 1 heterocycles. The topological polar surface area (TPSA) is 79.5 Å². The number of likely N-dealkylation sites (N-methyl/N-ethyl adjacent to an activating group) is 1. The summed E-state index contributed by atoms with van der Waals surface area (Å²) in [5, 5.41) is 9.33. The van der Waals surface area contributed by atoms with Gasteiger partial charge in [0.05, 0.1) is 6.10 Å². The van der Waals surface area contributed by atoms with Gasteiger partial charge in [0.2, 0.25) is 0 Å². The molecule has 106 valence electrons. The summed E-state index contributed by atoms with van der Waals surface area (Å²) < 4.78 is 0. The highest BCUT2D eigenvalue weighted by atomic mass is 16.3. The maximum absolute atomic E-state index is 12.2. The maximum atomic E-state index is 12.2. The largest absolute Gasteiger partial charge is 0.392 e. The van der Waals surface area contributed by atoms with Gasteiger partial charge >= 0.3 is 0 Å². The first-order chi connectivity index (χ1) is 8.61. The van der Waals surface area contributed by atoms with Crippen LogP contribution in [0.15, 0.2) is 12.1 Å². The molecule has 0 aliphatic carbocycles. The van der Waals surface area contributed by atoms with Gasteiger partial charge in [0.25, 0.3) is 5.91 Å². The quantitative estimate of drug-likeness (QED) is 0.866. The van der Waals surface area contributed by atoms with Crippen molar-refractivity contribution >= 4 is 11.7 Å². The van der Waals surface area contributed by atoms with Crippen molar-refractivity contribution in [3.63, 3.8) is 0 Å². The van der Waals surface area contributed by atoms with Crippen molar-refractivity contribution in [1.29, 1.82) is 0 Å². The number of nitrogens with zero attached hydrogens (tertiary/aromatic N) is 2. The summed E-state index contributed by atoms with van der Waals surface area (Å²) in [4.78, 5) is 18.0. The van der Waals surface area contributed by atoms with Crippen LogP contribution in [-0.2, 0) is 5.41 Å². The van der Waals surface area contributed by atoms with Crippen LogP contribution in [-0.4, -0.2) is 40.6 Å². The van der Waals surface area contributed by atoms with E-state index in [1.807, 2.05) is 20.8 Å². The standard InChI is InChI=1S/C14H23N3O2/c1-9(18)8-17(5)13(19)10-6-11(14(2,3)4)16-12(15)7-10/h6-7,9,18H,8H2,1-5H3,(H2,15,16). The number of aliphatic hydroxyl groups excluding tert-OH is 1. The second-order valence-corrected chi connectivity index (χ2v) is 5.95. The predicted octanol–water partition coefficient (Wildman–Crippen LogP) is 1.41. The molecular weight excluding hydrogens is 242 g/mol. The number of nitrogen functional groups attached to an aromatic ring is 1. The first-order valence-electron chi connectivity index (χ1n) is 6.33. The van der Waals surface area contributed by atoms with E-state index in [1.165, 1.54) is 4.90 Å². The van der Waals surface area contributed by atoms with E-state index in [9.17, 15) is 9.90 Å². The van der Waals surface area contributed by atoms with Crippen LogP contribution in [0.1, 0.15) is 43.7 Å². The molecule has 0 aromatic carbocycles. The van der Waals surface area contributed by atoms with Crippen molar-refractivity contribution in [2.75, 3.05) is 19.3 Å². The van der Waals surface area contributed by atoms with E-state index in [1.54, 1.807) is 26.1 Å². The lowest BCUT2D eigenvalue weighted by Gasteiger charge is -2.22. The number of nitrogens with two attached hydrogens (primary N) is 1. The van der Waals surface area contributed by atoms with Crippen LogP contribution < -0.4 is 5.73 Å². The molecule has 3 N–H and O–H groups in total. The van der Waals surface area contributed by atoms with E-state index in [0.717, 1.165) is 5.69 Å². The molecular formula is C14H23N3O2. The molecule has 0 aliphatic rings. The Labute approximate surface area is 114 Å². The van der Waals surface area contributed by atoms with Gasteiger partial charge in [0, 0.05) is 30.3 Å². The molecule has 1 atom stereocenters. The molecule has 1 rings (SSSR count). The van der Waals surface area contributed by atoms with Crippen LogP contribution in [0, 0.1) is 0 Å². The van der Waals surface area contributed by atoms with Gasteiger partial charge in [-0.05, 0) is 19.1 Å². The maximum Gasteiger partial charge on any atom is 0.253 e. The van der Waals surface area contributed by atoms with Gasteiger partial charge in [-0.3, -0.25) is 4.79 Å². The summed E-state index contributed by atoms with van der Waals surface area (Å²) in [6.45, 7) is 7.98. The van der Waals surface area contributed by atoms with Gasteiger partial charge in [0.15, 0.2) is 0 Å². The number of aliphatic hydroxyl groups is 1. The fourth-order valence-corrected chi connectivity index (χ4v) is 1.76.